The van der Waals surface area contributed by atoms with Crippen LogP contribution in [-0.4, -0.2) is 23.5 Å². The van der Waals surface area contributed by atoms with Gasteiger partial charge in [0.2, 0.25) is 0 Å². The van der Waals surface area contributed by atoms with Crippen molar-refractivity contribution in [2.45, 2.75) is 26.4 Å². The Labute approximate surface area is 169 Å². The molecule has 0 aliphatic rings. The van der Waals surface area contributed by atoms with Gasteiger partial charge in [-0.1, -0.05) is 35.5 Å². The number of carbonyl (C=O) groups is 1. The van der Waals surface area contributed by atoms with Gasteiger partial charge in [-0.25, -0.2) is 4.79 Å². The van der Waals surface area contributed by atoms with Gasteiger partial charge in [-0.2, -0.15) is 0 Å². The summed E-state index contributed by atoms with van der Waals surface area (Å²) >= 11 is 6.93. The van der Waals surface area contributed by atoms with Gasteiger partial charge in [-0.3, -0.25) is 0 Å². The molecule has 0 unspecified atom stereocenters. The number of ether oxygens (including phenoxy) is 2. The lowest BCUT2D eigenvalue weighted by atomic mass is 10.2. The Hall–Kier alpha value is -1.86. The molecule has 0 spiro atoms. The van der Waals surface area contributed by atoms with E-state index in [9.17, 15) is 4.79 Å². The lowest BCUT2D eigenvalue weighted by Crippen LogP contribution is -2.18. The van der Waals surface area contributed by atoms with Gasteiger partial charge in [0.05, 0.1) is 15.6 Å². The standard InChI is InChI=1S/C19H19Br2NO4/c1-13-10-15(20)18(16(21)11-13)25-9-5-8-17(22-24)19(23)26-12-14-6-3-2-4-7-14/h2-4,6-7,10-11,24H,5,8-9,12H2,1H3/b22-17-. The summed E-state index contributed by atoms with van der Waals surface area (Å²) < 4.78 is 12.6. The zero-order chi connectivity index (χ0) is 18.9. The monoisotopic (exact) mass is 483 g/mol. The van der Waals surface area contributed by atoms with Crippen molar-refractivity contribution >= 4 is 43.5 Å². The van der Waals surface area contributed by atoms with E-state index in [1.54, 1.807) is 0 Å². The minimum Gasteiger partial charge on any atom is -0.491 e. The van der Waals surface area contributed by atoms with E-state index in [2.05, 4.69) is 37.0 Å². The first-order valence-corrected chi connectivity index (χ1v) is 9.60. The van der Waals surface area contributed by atoms with Crippen molar-refractivity contribution in [3.63, 3.8) is 0 Å². The molecule has 0 saturated carbocycles. The van der Waals surface area contributed by atoms with Crippen LogP contribution in [0.5, 0.6) is 5.75 Å². The number of oxime groups is 1. The smallest absolute Gasteiger partial charge is 0.356 e. The third-order valence-corrected chi connectivity index (χ3v) is 4.69. The Bertz CT molecular complexity index is 755. The maximum Gasteiger partial charge on any atom is 0.356 e. The lowest BCUT2D eigenvalue weighted by Gasteiger charge is -2.11. The van der Waals surface area contributed by atoms with Crippen LogP contribution in [-0.2, 0) is 16.1 Å². The quantitative estimate of drug-likeness (QED) is 0.182. The van der Waals surface area contributed by atoms with Crippen LogP contribution in [0, 0.1) is 6.92 Å². The molecule has 0 amide bonds. The average molecular weight is 485 g/mol. The summed E-state index contributed by atoms with van der Waals surface area (Å²) in [5.74, 6) is 0.0683. The number of hydrogen-bond donors (Lipinski definition) is 1. The predicted octanol–water partition coefficient (Wildman–Crippen LogP) is 5.25. The van der Waals surface area contributed by atoms with Crippen LogP contribution in [0.2, 0.25) is 0 Å². The molecule has 0 heterocycles. The van der Waals surface area contributed by atoms with Gasteiger partial charge in [-0.05, 0) is 68.5 Å². The van der Waals surface area contributed by atoms with E-state index >= 15 is 0 Å². The van der Waals surface area contributed by atoms with Crippen molar-refractivity contribution in [3.8, 4) is 5.75 Å². The van der Waals surface area contributed by atoms with Gasteiger partial charge in [0.1, 0.15) is 12.4 Å². The molecule has 0 fully saturated rings. The Kier molecular flexibility index (Phi) is 8.12. The molecule has 2 aromatic carbocycles. The van der Waals surface area contributed by atoms with Crippen molar-refractivity contribution in [3.05, 3.63) is 62.5 Å². The van der Waals surface area contributed by atoms with Crippen molar-refractivity contribution in [2.24, 2.45) is 5.16 Å². The number of nitrogens with zero attached hydrogens (tertiary/aromatic N) is 1. The number of carbonyl (C=O) groups excluding carboxylic acids is 1. The molecule has 0 aliphatic carbocycles. The van der Waals surface area contributed by atoms with Crippen molar-refractivity contribution in [1.82, 2.24) is 0 Å². The van der Waals surface area contributed by atoms with Gasteiger partial charge in [0, 0.05) is 6.42 Å². The number of benzene rings is 2. The molecule has 0 bridgehead atoms. The second-order valence-electron chi connectivity index (χ2n) is 5.62. The highest BCUT2D eigenvalue weighted by atomic mass is 79.9. The fourth-order valence-electron chi connectivity index (χ4n) is 2.24. The molecule has 7 heteroatoms. The van der Waals surface area contributed by atoms with Gasteiger partial charge in [0.15, 0.2) is 5.71 Å². The van der Waals surface area contributed by atoms with Crippen LogP contribution < -0.4 is 4.74 Å². The summed E-state index contributed by atoms with van der Waals surface area (Å²) in [6.07, 6.45) is 0.762. The lowest BCUT2D eigenvalue weighted by molar-refractivity contribution is -0.137. The van der Waals surface area contributed by atoms with Crippen LogP contribution in [0.4, 0.5) is 0 Å². The van der Waals surface area contributed by atoms with E-state index in [-0.39, 0.29) is 18.7 Å². The second kappa shape index (κ2) is 10.3. The van der Waals surface area contributed by atoms with Crippen LogP contribution in [0.15, 0.2) is 56.6 Å². The predicted molar refractivity (Wildman–Crippen MR) is 107 cm³/mol. The Balaban J connectivity index is 1.79. The molecule has 0 radical (unpaired) electrons. The van der Waals surface area contributed by atoms with Gasteiger partial charge >= 0.3 is 5.97 Å². The summed E-state index contributed by atoms with van der Waals surface area (Å²) in [5, 5.41) is 12.1. The van der Waals surface area contributed by atoms with Crippen LogP contribution >= 0.6 is 31.9 Å². The molecule has 2 aromatic rings. The topological polar surface area (TPSA) is 68.1 Å². The van der Waals surface area contributed by atoms with Crippen LogP contribution in [0.1, 0.15) is 24.0 Å². The maximum atomic E-state index is 12.0. The van der Waals surface area contributed by atoms with Gasteiger partial charge < -0.3 is 14.7 Å². The molecular formula is C19H19Br2NO4. The summed E-state index contributed by atoms with van der Waals surface area (Å²) in [7, 11) is 0. The van der Waals surface area contributed by atoms with E-state index in [0.717, 1.165) is 20.1 Å². The zero-order valence-electron chi connectivity index (χ0n) is 14.2. The number of hydrogen-bond acceptors (Lipinski definition) is 5. The van der Waals surface area contributed by atoms with Crippen molar-refractivity contribution in [1.29, 1.82) is 0 Å². The number of esters is 1. The minimum atomic E-state index is -0.631. The average Bonchev–Trinajstić information content (AvgIpc) is 2.62. The summed E-state index contributed by atoms with van der Waals surface area (Å²) in [5.41, 5.74) is 1.95. The minimum absolute atomic E-state index is 0.0217. The summed E-state index contributed by atoms with van der Waals surface area (Å²) in [6, 6.07) is 13.2. The highest BCUT2D eigenvalue weighted by molar-refractivity contribution is 9.11. The normalized spacial score (nSPS) is 11.3. The Morgan fingerprint density at radius 1 is 1.15 bits per heavy atom. The molecule has 0 aromatic heterocycles. The summed E-state index contributed by atoms with van der Waals surface area (Å²) in [6.45, 7) is 2.49. The molecule has 1 N–H and O–H groups in total. The van der Waals surface area contributed by atoms with Crippen molar-refractivity contribution < 1.29 is 19.5 Å². The fourth-order valence-corrected chi connectivity index (χ4v) is 3.88. The molecule has 26 heavy (non-hydrogen) atoms. The van der Waals surface area contributed by atoms with E-state index < -0.39 is 5.97 Å². The zero-order valence-corrected chi connectivity index (χ0v) is 17.4. The SMILES string of the molecule is Cc1cc(Br)c(OCCC/C(=N/O)C(=O)OCc2ccccc2)c(Br)c1. The first kappa shape index (κ1) is 20.5. The second-order valence-corrected chi connectivity index (χ2v) is 7.33. The largest absolute Gasteiger partial charge is 0.491 e. The van der Waals surface area contributed by atoms with Crippen LogP contribution in [0.25, 0.3) is 0 Å². The van der Waals surface area contributed by atoms with Crippen molar-refractivity contribution in [2.75, 3.05) is 6.61 Å². The highest BCUT2D eigenvalue weighted by Gasteiger charge is 2.15. The fraction of sp³-hybridized carbons (Fsp3) is 0.263. The Morgan fingerprint density at radius 2 is 1.81 bits per heavy atom. The first-order chi connectivity index (χ1) is 12.5. The molecule has 138 valence electrons. The van der Waals surface area contributed by atoms with E-state index in [4.69, 9.17) is 14.7 Å². The van der Waals surface area contributed by atoms with Crippen LogP contribution in [0.3, 0.4) is 0 Å². The van der Waals surface area contributed by atoms with Gasteiger partial charge in [0.25, 0.3) is 0 Å². The molecule has 0 saturated heterocycles. The van der Waals surface area contributed by atoms with Gasteiger partial charge in [-0.15, -0.1) is 0 Å². The number of aryl methyl sites for hydroxylation is 1. The first-order valence-electron chi connectivity index (χ1n) is 8.01. The van der Waals surface area contributed by atoms with E-state index in [0.29, 0.717) is 18.8 Å². The highest BCUT2D eigenvalue weighted by Crippen LogP contribution is 2.34. The molecular weight excluding hydrogens is 466 g/mol. The summed E-state index contributed by atoms with van der Waals surface area (Å²) in [4.78, 5) is 12.0. The molecule has 0 aliphatic heterocycles. The third kappa shape index (κ3) is 6.14. The van der Waals surface area contributed by atoms with E-state index in [1.807, 2.05) is 49.4 Å². The molecule has 2 rings (SSSR count). The Morgan fingerprint density at radius 3 is 2.42 bits per heavy atom. The number of halogens is 2. The maximum absolute atomic E-state index is 12.0. The molecule has 0 atom stereocenters. The molecule has 5 nitrogen and oxygen atoms in total. The number of rotatable bonds is 8. The third-order valence-electron chi connectivity index (χ3n) is 3.52. The van der Waals surface area contributed by atoms with E-state index in [1.165, 1.54) is 0 Å².